The standard InChI is InChI=1S/C19H21ClN2O4S/c1-26-13-19(23)22-9-8-15-10-18(7-4-16(15)12-22)27(24,25)21-11-14-2-5-17(20)6-3-14/h2-7,10,21H,8-9,11-13H2,1H3. The molecule has 0 bridgehead atoms. The van der Waals surface area contributed by atoms with Crippen LogP contribution in [0.4, 0.5) is 0 Å². The van der Waals surface area contributed by atoms with Gasteiger partial charge in [0.2, 0.25) is 15.9 Å². The van der Waals surface area contributed by atoms with E-state index < -0.39 is 10.0 Å². The first-order valence-electron chi connectivity index (χ1n) is 8.51. The summed E-state index contributed by atoms with van der Waals surface area (Å²) in [6, 6.07) is 12.1. The lowest BCUT2D eigenvalue weighted by Crippen LogP contribution is -2.38. The Morgan fingerprint density at radius 3 is 2.63 bits per heavy atom. The fourth-order valence-electron chi connectivity index (χ4n) is 2.99. The smallest absolute Gasteiger partial charge is 0.248 e. The van der Waals surface area contributed by atoms with Crippen molar-refractivity contribution < 1.29 is 17.9 Å². The lowest BCUT2D eigenvalue weighted by molar-refractivity contribution is -0.136. The zero-order valence-electron chi connectivity index (χ0n) is 14.9. The van der Waals surface area contributed by atoms with Gasteiger partial charge in [0.15, 0.2) is 0 Å². The predicted octanol–water partition coefficient (Wildman–Crippen LogP) is 2.35. The van der Waals surface area contributed by atoms with E-state index in [9.17, 15) is 13.2 Å². The second-order valence-corrected chi connectivity index (χ2v) is 8.58. The van der Waals surface area contributed by atoms with Crippen LogP contribution in [0, 0.1) is 0 Å². The molecule has 27 heavy (non-hydrogen) atoms. The number of carbonyl (C=O) groups excluding carboxylic acids is 1. The molecule has 1 N–H and O–H groups in total. The van der Waals surface area contributed by atoms with E-state index in [2.05, 4.69) is 4.72 Å². The molecule has 0 radical (unpaired) electrons. The van der Waals surface area contributed by atoms with Gasteiger partial charge in [0.25, 0.3) is 0 Å². The zero-order valence-corrected chi connectivity index (χ0v) is 16.5. The number of carbonyl (C=O) groups is 1. The second-order valence-electron chi connectivity index (χ2n) is 6.38. The van der Waals surface area contributed by atoms with E-state index in [1.165, 1.54) is 7.11 Å². The van der Waals surface area contributed by atoms with E-state index in [-0.39, 0.29) is 24.0 Å². The minimum Gasteiger partial charge on any atom is -0.375 e. The van der Waals surface area contributed by atoms with Gasteiger partial charge in [-0.25, -0.2) is 13.1 Å². The van der Waals surface area contributed by atoms with Crippen molar-refractivity contribution in [2.24, 2.45) is 0 Å². The number of rotatable bonds is 6. The van der Waals surface area contributed by atoms with Crippen LogP contribution < -0.4 is 4.72 Å². The van der Waals surface area contributed by atoms with Gasteiger partial charge in [0.05, 0.1) is 4.90 Å². The Labute approximate surface area is 164 Å². The highest BCUT2D eigenvalue weighted by molar-refractivity contribution is 7.89. The molecule has 2 aromatic carbocycles. The first-order valence-corrected chi connectivity index (χ1v) is 10.4. The molecule has 144 valence electrons. The van der Waals surface area contributed by atoms with Gasteiger partial charge >= 0.3 is 0 Å². The number of ether oxygens (including phenoxy) is 1. The van der Waals surface area contributed by atoms with E-state index >= 15 is 0 Å². The van der Waals surface area contributed by atoms with Crippen molar-refractivity contribution in [1.29, 1.82) is 0 Å². The summed E-state index contributed by atoms with van der Waals surface area (Å²) >= 11 is 5.84. The van der Waals surface area contributed by atoms with Crippen LogP contribution in [0.25, 0.3) is 0 Å². The molecule has 1 aliphatic rings. The molecule has 8 heteroatoms. The molecule has 1 aliphatic heterocycles. The summed E-state index contributed by atoms with van der Waals surface area (Å²) in [5.41, 5.74) is 2.74. The Morgan fingerprint density at radius 2 is 1.93 bits per heavy atom. The third-order valence-corrected chi connectivity index (χ3v) is 6.15. The molecule has 0 saturated carbocycles. The average Bonchev–Trinajstić information content (AvgIpc) is 2.67. The number of hydrogen-bond donors (Lipinski definition) is 1. The van der Waals surface area contributed by atoms with Gasteiger partial charge in [0, 0.05) is 31.8 Å². The van der Waals surface area contributed by atoms with E-state index in [0.717, 1.165) is 16.7 Å². The number of fused-ring (bicyclic) bond motifs is 1. The van der Waals surface area contributed by atoms with Crippen LogP contribution in [0.1, 0.15) is 16.7 Å². The molecule has 0 unspecified atom stereocenters. The van der Waals surface area contributed by atoms with Crippen molar-refractivity contribution in [2.75, 3.05) is 20.3 Å². The zero-order chi connectivity index (χ0) is 19.4. The molecule has 2 aromatic rings. The number of halogens is 1. The third-order valence-electron chi connectivity index (χ3n) is 4.50. The molecule has 0 saturated heterocycles. The molecule has 0 spiro atoms. The van der Waals surface area contributed by atoms with Crippen LogP contribution in [0.15, 0.2) is 47.4 Å². The number of benzene rings is 2. The molecular weight excluding hydrogens is 388 g/mol. The summed E-state index contributed by atoms with van der Waals surface area (Å²) in [7, 11) is -2.13. The van der Waals surface area contributed by atoms with Gasteiger partial charge in [-0.2, -0.15) is 0 Å². The quantitative estimate of drug-likeness (QED) is 0.796. The number of sulfonamides is 1. The maximum Gasteiger partial charge on any atom is 0.248 e. The lowest BCUT2D eigenvalue weighted by Gasteiger charge is -2.29. The predicted molar refractivity (Wildman–Crippen MR) is 103 cm³/mol. The SMILES string of the molecule is COCC(=O)N1CCc2cc(S(=O)(=O)NCc3ccc(Cl)cc3)ccc2C1. The molecular formula is C19H21ClN2O4S. The first kappa shape index (κ1) is 19.8. The Balaban J connectivity index is 1.70. The molecule has 0 atom stereocenters. The number of methoxy groups -OCH3 is 1. The average molecular weight is 409 g/mol. The molecule has 6 nitrogen and oxygen atoms in total. The van der Waals surface area contributed by atoms with Crippen LogP contribution in [0.2, 0.25) is 5.02 Å². The van der Waals surface area contributed by atoms with Crippen molar-refractivity contribution in [3.05, 3.63) is 64.2 Å². The van der Waals surface area contributed by atoms with E-state index in [0.29, 0.717) is 24.5 Å². The number of nitrogens with one attached hydrogen (secondary N) is 1. The molecule has 3 rings (SSSR count). The van der Waals surface area contributed by atoms with Gasteiger partial charge in [0.1, 0.15) is 6.61 Å². The monoisotopic (exact) mass is 408 g/mol. The summed E-state index contributed by atoms with van der Waals surface area (Å²) in [6.07, 6.45) is 0.616. The Bertz CT molecular complexity index is 929. The molecule has 0 aliphatic carbocycles. The van der Waals surface area contributed by atoms with Crippen LogP contribution >= 0.6 is 11.6 Å². The highest BCUT2D eigenvalue weighted by Gasteiger charge is 2.23. The highest BCUT2D eigenvalue weighted by Crippen LogP contribution is 2.23. The minimum atomic E-state index is -3.62. The van der Waals surface area contributed by atoms with Crippen molar-refractivity contribution in [2.45, 2.75) is 24.4 Å². The maximum atomic E-state index is 12.6. The fourth-order valence-corrected chi connectivity index (χ4v) is 4.18. The normalized spacial score (nSPS) is 14.1. The van der Waals surface area contributed by atoms with Gasteiger partial charge in [-0.3, -0.25) is 4.79 Å². The minimum absolute atomic E-state index is 0.0520. The Hall–Kier alpha value is -1.93. The molecule has 1 heterocycles. The van der Waals surface area contributed by atoms with Crippen molar-refractivity contribution in [3.8, 4) is 0 Å². The van der Waals surface area contributed by atoms with Gasteiger partial charge in [-0.15, -0.1) is 0 Å². The van der Waals surface area contributed by atoms with Gasteiger partial charge in [-0.1, -0.05) is 29.8 Å². The van der Waals surface area contributed by atoms with E-state index in [1.807, 2.05) is 0 Å². The summed E-state index contributed by atoms with van der Waals surface area (Å²) < 4.78 is 32.7. The summed E-state index contributed by atoms with van der Waals surface area (Å²) in [5, 5.41) is 0.606. The molecule has 1 amide bonds. The van der Waals surface area contributed by atoms with Crippen molar-refractivity contribution in [3.63, 3.8) is 0 Å². The number of amides is 1. The third kappa shape index (κ3) is 4.87. The van der Waals surface area contributed by atoms with Crippen molar-refractivity contribution >= 4 is 27.5 Å². The lowest BCUT2D eigenvalue weighted by atomic mass is 10.00. The fraction of sp³-hybridized carbons (Fsp3) is 0.316. The summed E-state index contributed by atoms with van der Waals surface area (Å²) in [5.74, 6) is -0.0653. The van der Waals surface area contributed by atoms with Crippen LogP contribution in [-0.2, 0) is 39.1 Å². The van der Waals surface area contributed by atoms with Gasteiger partial charge in [-0.05, 0) is 47.4 Å². The van der Waals surface area contributed by atoms with Crippen LogP contribution in [0.5, 0.6) is 0 Å². The van der Waals surface area contributed by atoms with E-state index in [1.54, 1.807) is 47.4 Å². The Kier molecular flexibility index (Phi) is 6.16. The largest absolute Gasteiger partial charge is 0.375 e. The summed E-state index contributed by atoms with van der Waals surface area (Å²) in [6.45, 7) is 1.26. The first-order chi connectivity index (χ1) is 12.9. The van der Waals surface area contributed by atoms with Gasteiger partial charge < -0.3 is 9.64 Å². The van der Waals surface area contributed by atoms with E-state index in [4.69, 9.17) is 16.3 Å². The number of hydrogen-bond acceptors (Lipinski definition) is 4. The molecule has 0 aromatic heterocycles. The second kappa shape index (κ2) is 8.39. The topological polar surface area (TPSA) is 75.7 Å². The molecule has 0 fully saturated rings. The summed E-state index contributed by atoms with van der Waals surface area (Å²) in [4.78, 5) is 13.9. The van der Waals surface area contributed by atoms with Crippen molar-refractivity contribution in [1.82, 2.24) is 9.62 Å². The highest BCUT2D eigenvalue weighted by atomic mass is 35.5. The maximum absolute atomic E-state index is 12.6. The van der Waals surface area contributed by atoms with Crippen LogP contribution in [-0.4, -0.2) is 39.5 Å². The number of nitrogens with zero attached hydrogens (tertiary/aromatic N) is 1. The Morgan fingerprint density at radius 1 is 1.19 bits per heavy atom. The van der Waals surface area contributed by atoms with Crippen LogP contribution in [0.3, 0.4) is 0 Å².